The number of para-hydroxylation sites is 1. The van der Waals surface area contributed by atoms with Crippen molar-refractivity contribution in [1.82, 2.24) is 5.32 Å². The van der Waals surface area contributed by atoms with Crippen LogP contribution in [0.15, 0.2) is 42.5 Å². The third-order valence-electron chi connectivity index (χ3n) is 6.57. The molecule has 0 aromatic heterocycles. The first-order valence-electron chi connectivity index (χ1n) is 11.0. The van der Waals surface area contributed by atoms with E-state index >= 15 is 0 Å². The Hall–Kier alpha value is -2.41. The van der Waals surface area contributed by atoms with Crippen LogP contribution in [0.25, 0.3) is 0 Å². The molecule has 2 aliphatic heterocycles. The highest BCUT2D eigenvalue weighted by atomic mass is 35.5. The topological polar surface area (TPSA) is 35.6 Å². The summed E-state index contributed by atoms with van der Waals surface area (Å²) in [5.74, 6) is -0.566. The normalized spacial score (nSPS) is 21.6. The lowest BCUT2D eigenvalue weighted by Crippen LogP contribution is -2.61. The highest BCUT2D eigenvalue weighted by molar-refractivity contribution is 6.33. The van der Waals surface area contributed by atoms with Gasteiger partial charge in [-0.3, -0.25) is 4.79 Å². The summed E-state index contributed by atoms with van der Waals surface area (Å²) in [5.41, 5.74) is 1.60. The number of hydrogen-bond acceptors (Lipinski definition) is 3. The van der Waals surface area contributed by atoms with E-state index in [0.29, 0.717) is 30.2 Å². The van der Waals surface area contributed by atoms with Gasteiger partial charge in [0.05, 0.1) is 28.2 Å². The van der Waals surface area contributed by atoms with Gasteiger partial charge in [-0.2, -0.15) is 13.2 Å². The number of anilines is 2. The predicted octanol–water partition coefficient (Wildman–Crippen LogP) is 5.14. The monoisotopic (exact) mass is 465 g/mol. The number of piperazine rings is 1. The van der Waals surface area contributed by atoms with Crippen LogP contribution in [0.3, 0.4) is 0 Å². The van der Waals surface area contributed by atoms with Crippen molar-refractivity contribution in [2.24, 2.45) is 5.92 Å². The van der Waals surface area contributed by atoms with E-state index in [1.54, 1.807) is 6.07 Å². The minimum atomic E-state index is -4.41. The van der Waals surface area contributed by atoms with Crippen molar-refractivity contribution in [3.05, 3.63) is 58.6 Å². The number of alkyl halides is 3. The molecule has 0 radical (unpaired) electrons. The van der Waals surface area contributed by atoms with Crippen LogP contribution in [0.2, 0.25) is 5.02 Å². The maximum atomic E-state index is 13.3. The molecule has 4 nitrogen and oxygen atoms in total. The second-order valence-electron chi connectivity index (χ2n) is 8.63. The zero-order valence-electron chi connectivity index (χ0n) is 18.1. The maximum Gasteiger partial charge on any atom is 0.416 e. The van der Waals surface area contributed by atoms with Gasteiger partial charge in [0.1, 0.15) is 0 Å². The summed E-state index contributed by atoms with van der Waals surface area (Å²) < 4.78 is 40.0. The summed E-state index contributed by atoms with van der Waals surface area (Å²) in [6.45, 7) is 5.76. The van der Waals surface area contributed by atoms with E-state index in [1.807, 2.05) is 38.1 Å². The molecule has 0 aliphatic carbocycles. The lowest BCUT2D eigenvalue weighted by molar-refractivity contribution is -0.137. The quantitative estimate of drug-likeness (QED) is 0.679. The minimum absolute atomic E-state index is 0.00196. The van der Waals surface area contributed by atoms with Gasteiger partial charge in [0.15, 0.2) is 0 Å². The zero-order chi connectivity index (χ0) is 23.0. The SMILES string of the molecule is CCC(C)NC(=O)C1Cc2cc(C(F)(F)F)ccc2N2CCN(c3ccccc3Cl)CC12. The molecule has 3 atom stereocenters. The van der Waals surface area contributed by atoms with Gasteiger partial charge in [-0.15, -0.1) is 0 Å². The number of nitrogens with zero attached hydrogens (tertiary/aromatic N) is 2. The van der Waals surface area contributed by atoms with Gasteiger partial charge < -0.3 is 15.1 Å². The van der Waals surface area contributed by atoms with Crippen LogP contribution in [0.1, 0.15) is 31.4 Å². The van der Waals surface area contributed by atoms with Gasteiger partial charge in [-0.25, -0.2) is 0 Å². The summed E-state index contributed by atoms with van der Waals surface area (Å²) in [6, 6.07) is 11.3. The molecule has 0 saturated carbocycles. The minimum Gasteiger partial charge on any atom is -0.366 e. The van der Waals surface area contributed by atoms with Crippen molar-refractivity contribution < 1.29 is 18.0 Å². The first kappa shape index (κ1) is 22.8. The van der Waals surface area contributed by atoms with Gasteiger partial charge in [-0.1, -0.05) is 30.7 Å². The number of rotatable bonds is 4. The maximum absolute atomic E-state index is 13.3. The number of hydrogen-bond donors (Lipinski definition) is 1. The van der Waals surface area contributed by atoms with Gasteiger partial charge in [0.2, 0.25) is 5.91 Å². The average molecular weight is 466 g/mol. The van der Waals surface area contributed by atoms with E-state index in [9.17, 15) is 18.0 Å². The van der Waals surface area contributed by atoms with Crippen molar-refractivity contribution in [1.29, 1.82) is 0 Å². The molecule has 4 rings (SSSR count). The van der Waals surface area contributed by atoms with Crippen molar-refractivity contribution >= 4 is 28.9 Å². The Labute approximate surface area is 191 Å². The Kier molecular flexibility index (Phi) is 6.30. The van der Waals surface area contributed by atoms with Crippen LogP contribution in [-0.2, 0) is 17.4 Å². The molecule has 0 spiro atoms. The van der Waals surface area contributed by atoms with Crippen LogP contribution in [-0.4, -0.2) is 37.6 Å². The van der Waals surface area contributed by atoms with E-state index < -0.39 is 17.7 Å². The fourth-order valence-electron chi connectivity index (χ4n) is 4.68. The summed E-state index contributed by atoms with van der Waals surface area (Å²) in [6.07, 6.45) is -3.35. The van der Waals surface area contributed by atoms with E-state index in [1.165, 1.54) is 6.07 Å². The Morgan fingerprint density at radius 3 is 2.62 bits per heavy atom. The van der Waals surface area contributed by atoms with Crippen LogP contribution in [0, 0.1) is 5.92 Å². The number of benzene rings is 2. The van der Waals surface area contributed by atoms with Crippen molar-refractivity contribution in [2.45, 2.75) is 44.9 Å². The molecular formula is C24H27ClF3N3O. The molecule has 2 aliphatic rings. The van der Waals surface area contributed by atoms with Crippen molar-refractivity contribution in [3.8, 4) is 0 Å². The standard InChI is InChI=1S/C24H27ClF3N3O/c1-3-15(2)29-23(32)18-13-16-12-17(24(26,27)28)8-9-20(16)31-11-10-30(14-22(18)31)21-7-5-4-6-19(21)25/h4-9,12,15,18,22H,3,10-11,13-14H2,1-2H3,(H,29,32). The second-order valence-corrected chi connectivity index (χ2v) is 9.04. The predicted molar refractivity (Wildman–Crippen MR) is 121 cm³/mol. The number of fused-ring (bicyclic) bond motifs is 3. The molecule has 0 bridgehead atoms. The highest BCUT2D eigenvalue weighted by Gasteiger charge is 2.43. The Balaban J connectivity index is 1.69. The van der Waals surface area contributed by atoms with Gasteiger partial charge >= 0.3 is 6.18 Å². The van der Waals surface area contributed by atoms with Gasteiger partial charge in [-0.05, 0) is 55.7 Å². The number of nitrogens with one attached hydrogen (secondary N) is 1. The van der Waals surface area contributed by atoms with E-state index in [-0.39, 0.29) is 24.4 Å². The highest BCUT2D eigenvalue weighted by Crippen LogP contribution is 2.41. The molecule has 1 saturated heterocycles. The molecule has 1 amide bonds. The molecule has 3 unspecified atom stereocenters. The van der Waals surface area contributed by atoms with Gasteiger partial charge in [0.25, 0.3) is 0 Å². The van der Waals surface area contributed by atoms with Crippen LogP contribution in [0.4, 0.5) is 24.5 Å². The summed E-state index contributed by atoms with van der Waals surface area (Å²) in [4.78, 5) is 17.5. The fourth-order valence-corrected chi connectivity index (χ4v) is 4.93. The van der Waals surface area contributed by atoms with Crippen LogP contribution in [0.5, 0.6) is 0 Å². The Bertz CT molecular complexity index is 997. The van der Waals surface area contributed by atoms with Gasteiger partial charge in [0, 0.05) is 31.4 Å². The average Bonchev–Trinajstić information content (AvgIpc) is 2.77. The van der Waals surface area contributed by atoms with E-state index in [2.05, 4.69) is 15.1 Å². The fraction of sp³-hybridized carbons (Fsp3) is 0.458. The number of carbonyl (C=O) groups excluding carboxylic acids is 1. The Morgan fingerprint density at radius 1 is 1.19 bits per heavy atom. The molecule has 2 heterocycles. The second kappa shape index (κ2) is 8.85. The lowest BCUT2D eigenvalue weighted by atomic mass is 9.82. The third kappa shape index (κ3) is 4.40. The number of amides is 1. The molecule has 8 heteroatoms. The smallest absolute Gasteiger partial charge is 0.366 e. The Morgan fingerprint density at radius 2 is 1.94 bits per heavy atom. The third-order valence-corrected chi connectivity index (χ3v) is 6.89. The molecule has 2 aromatic carbocycles. The first-order valence-corrected chi connectivity index (χ1v) is 11.3. The molecule has 1 N–H and O–H groups in total. The van der Waals surface area contributed by atoms with Crippen molar-refractivity contribution in [3.63, 3.8) is 0 Å². The van der Waals surface area contributed by atoms with E-state index in [4.69, 9.17) is 11.6 Å². The number of carbonyl (C=O) groups is 1. The largest absolute Gasteiger partial charge is 0.416 e. The summed E-state index contributed by atoms with van der Waals surface area (Å²) >= 11 is 6.42. The molecule has 2 aromatic rings. The zero-order valence-corrected chi connectivity index (χ0v) is 18.9. The summed E-state index contributed by atoms with van der Waals surface area (Å²) in [5, 5.41) is 3.69. The molecule has 172 valence electrons. The van der Waals surface area contributed by atoms with Crippen LogP contribution >= 0.6 is 11.6 Å². The molecule has 1 fully saturated rings. The van der Waals surface area contributed by atoms with Crippen LogP contribution < -0.4 is 15.1 Å². The molecular weight excluding hydrogens is 439 g/mol. The van der Waals surface area contributed by atoms with Crippen molar-refractivity contribution in [2.75, 3.05) is 29.4 Å². The van der Waals surface area contributed by atoms with E-state index in [0.717, 1.165) is 23.9 Å². The summed E-state index contributed by atoms with van der Waals surface area (Å²) in [7, 11) is 0. The molecule has 32 heavy (non-hydrogen) atoms. The lowest BCUT2D eigenvalue weighted by Gasteiger charge is -2.50. The number of halogens is 4. The first-order chi connectivity index (χ1) is 15.2.